The van der Waals surface area contributed by atoms with Gasteiger partial charge in [0.25, 0.3) is 11.8 Å². The minimum Gasteiger partial charge on any atom is -0.331 e. The predicted molar refractivity (Wildman–Crippen MR) is 174 cm³/mol. The van der Waals surface area contributed by atoms with Gasteiger partial charge >= 0.3 is 11.8 Å². The second-order valence-corrected chi connectivity index (χ2v) is 12.1. The van der Waals surface area contributed by atoms with Crippen molar-refractivity contribution in [1.82, 2.24) is 4.90 Å². The fourth-order valence-corrected chi connectivity index (χ4v) is 6.09. The molecule has 2 aliphatic heterocycles. The summed E-state index contributed by atoms with van der Waals surface area (Å²) in [6.07, 6.45) is 3.89. The lowest BCUT2D eigenvalue weighted by molar-refractivity contribution is -0.771. The normalized spacial score (nSPS) is 15.2. The van der Waals surface area contributed by atoms with Gasteiger partial charge in [-0.1, -0.05) is 47.5 Å². The molecule has 0 saturated carbocycles. The van der Waals surface area contributed by atoms with Gasteiger partial charge in [0.05, 0.1) is 35.0 Å². The molecular formula is C36H27Cl2N4O4+. The Morgan fingerprint density at radius 3 is 1.83 bits per heavy atom. The molecule has 0 fully saturated rings. The summed E-state index contributed by atoms with van der Waals surface area (Å²) in [4.78, 5) is 59.3. The lowest BCUT2D eigenvalue weighted by atomic mass is 10.0. The predicted octanol–water partition coefficient (Wildman–Crippen LogP) is 6.42. The van der Waals surface area contributed by atoms with Crippen molar-refractivity contribution in [2.75, 3.05) is 24.5 Å². The van der Waals surface area contributed by atoms with E-state index in [1.54, 1.807) is 71.6 Å². The van der Waals surface area contributed by atoms with Crippen molar-refractivity contribution in [3.63, 3.8) is 0 Å². The van der Waals surface area contributed by atoms with Gasteiger partial charge in [0.15, 0.2) is 6.54 Å². The molecule has 0 spiro atoms. The number of halogens is 2. The Bertz CT molecular complexity index is 1870. The van der Waals surface area contributed by atoms with E-state index >= 15 is 0 Å². The van der Waals surface area contributed by atoms with Gasteiger partial charge in [0.2, 0.25) is 0 Å². The van der Waals surface area contributed by atoms with Crippen molar-refractivity contribution in [3.8, 4) is 6.07 Å². The first-order valence-corrected chi connectivity index (χ1v) is 15.3. The highest BCUT2D eigenvalue weighted by Crippen LogP contribution is 2.35. The number of carbonyl (C=O) groups is 4. The van der Waals surface area contributed by atoms with Crippen LogP contribution in [-0.4, -0.2) is 52.6 Å². The van der Waals surface area contributed by atoms with E-state index in [0.717, 1.165) is 5.56 Å². The van der Waals surface area contributed by atoms with Crippen LogP contribution >= 0.6 is 23.2 Å². The zero-order valence-corrected chi connectivity index (χ0v) is 26.0. The standard InChI is InChI=1S/C36H27Cl2N4O4/c37-30-12-8-27(9-13-30)35(45)42(36(46)28-10-14-31(38)15-11-28)22-29-19-25(20-39)5-16-32(29)41(33(43)23-42)21-24-3-6-26(7-4-24)34(44)40-17-1-2-18-40/h1-16,19H,17-18,21-23H2/q+1. The first-order chi connectivity index (χ1) is 22.2. The molecule has 10 heteroatoms. The Labute approximate surface area is 275 Å². The number of nitrogens with zero attached hydrogens (tertiary/aromatic N) is 4. The SMILES string of the molecule is N#Cc1ccc2c(c1)C[N+](C(=O)c1ccc(Cl)cc1)(C(=O)c1ccc(Cl)cc1)CC(=O)N2Cc1ccc(C(=O)N2CC=CC2)cc1. The van der Waals surface area contributed by atoms with E-state index in [2.05, 4.69) is 6.07 Å². The number of hydrogen-bond acceptors (Lipinski definition) is 5. The molecular weight excluding hydrogens is 623 g/mol. The summed E-state index contributed by atoms with van der Waals surface area (Å²) >= 11 is 12.2. The largest absolute Gasteiger partial charge is 0.354 e. The molecule has 4 aromatic rings. The Kier molecular flexibility index (Phi) is 8.57. The summed E-state index contributed by atoms with van der Waals surface area (Å²) in [5.41, 5.74) is 2.99. The van der Waals surface area contributed by atoms with E-state index in [4.69, 9.17) is 23.2 Å². The van der Waals surface area contributed by atoms with Crippen LogP contribution in [0.15, 0.2) is 103 Å². The average Bonchev–Trinajstić information content (AvgIpc) is 3.58. The van der Waals surface area contributed by atoms with Crippen LogP contribution in [0.3, 0.4) is 0 Å². The quantitative estimate of drug-likeness (QED) is 0.141. The number of anilines is 1. The average molecular weight is 651 g/mol. The van der Waals surface area contributed by atoms with Crippen LogP contribution in [0.5, 0.6) is 0 Å². The van der Waals surface area contributed by atoms with Crippen molar-refractivity contribution in [3.05, 3.63) is 147 Å². The lowest BCUT2D eigenvalue weighted by Gasteiger charge is -2.31. The van der Waals surface area contributed by atoms with Gasteiger partial charge in [0, 0.05) is 34.3 Å². The Morgan fingerprint density at radius 1 is 0.739 bits per heavy atom. The molecule has 0 radical (unpaired) electrons. The summed E-state index contributed by atoms with van der Waals surface area (Å²) in [5, 5.41) is 10.6. The van der Waals surface area contributed by atoms with Gasteiger partial charge in [-0.3, -0.25) is 9.59 Å². The van der Waals surface area contributed by atoms with E-state index in [-0.39, 0.29) is 30.1 Å². The monoisotopic (exact) mass is 649 g/mol. The molecule has 0 unspecified atom stereocenters. The van der Waals surface area contributed by atoms with Crippen molar-refractivity contribution < 1.29 is 23.7 Å². The summed E-state index contributed by atoms with van der Waals surface area (Å²) < 4.78 is -0.877. The van der Waals surface area contributed by atoms with Gasteiger partial charge < -0.3 is 9.80 Å². The molecule has 0 N–H and O–H groups in total. The molecule has 0 saturated heterocycles. The van der Waals surface area contributed by atoms with Crippen LogP contribution in [0.1, 0.15) is 47.8 Å². The first-order valence-electron chi connectivity index (χ1n) is 14.5. The topological polar surface area (TPSA) is 98.5 Å². The Morgan fingerprint density at radius 2 is 1.28 bits per heavy atom. The van der Waals surface area contributed by atoms with Gasteiger partial charge in [0.1, 0.15) is 6.54 Å². The molecule has 2 aliphatic rings. The molecule has 4 amide bonds. The lowest BCUT2D eigenvalue weighted by Crippen LogP contribution is -2.59. The van der Waals surface area contributed by atoms with E-state index in [1.807, 2.05) is 12.2 Å². The highest BCUT2D eigenvalue weighted by atomic mass is 35.5. The number of fused-ring (bicyclic) bond motifs is 1. The van der Waals surface area contributed by atoms with Crippen LogP contribution in [0.2, 0.25) is 10.0 Å². The maximum atomic E-state index is 14.5. The number of hydrogen-bond donors (Lipinski definition) is 0. The zero-order chi connectivity index (χ0) is 32.4. The van der Waals surface area contributed by atoms with Crippen molar-refractivity contribution in [1.29, 1.82) is 5.26 Å². The fourth-order valence-electron chi connectivity index (χ4n) is 5.84. The fraction of sp³-hybridized carbons (Fsp3) is 0.139. The van der Waals surface area contributed by atoms with Crippen LogP contribution in [0.25, 0.3) is 0 Å². The third-order valence-electron chi connectivity index (χ3n) is 8.25. The third-order valence-corrected chi connectivity index (χ3v) is 8.76. The van der Waals surface area contributed by atoms with Crippen molar-refractivity contribution >= 4 is 52.5 Å². The van der Waals surface area contributed by atoms with Crippen LogP contribution in [0.4, 0.5) is 5.69 Å². The highest BCUT2D eigenvalue weighted by molar-refractivity contribution is 6.31. The number of nitriles is 1. The van der Waals surface area contributed by atoms with Gasteiger partial charge in [-0.05, 0) is 84.4 Å². The number of benzene rings is 4. The van der Waals surface area contributed by atoms with Gasteiger partial charge in [-0.15, -0.1) is 0 Å². The molecule has 4 aromatic carbocycles. The maximum absolute atomic E-state index is 14.5. The van der Waals surface area contributed by atoms with E-state index in [1.165, 1.54) is 29.2 Å². The molecule has 0 aliphatic carbocycles. The van der Waals surface area contributed by atoms with E-state index in [9.17, 15) is 24.4 Å². The molecule has 0 bridgehead atoms. The maximum Gasteiger partial charge on any atom is 0.354 e. The zero-order valence-electron chi connectivity index (χ0n) is 24.5. The number of imide groups is 1. The minimum absolute atomic E-state index is 0.0831. The second-order valence-electron chi connectivity index (χ2n) is 11.2. The van der Waals surface area contributed by atoms with Gasteiger partial charge in [-0.25, -0.2) is 9.59 Å². The number of carbonyl (C=O) groups excluding carboxylic acids is 4. The molecule has 6 rings (SSSR count). The molecule has 2 heterocycles. The smallest absolute Gasteiger partial charge is 0.331 e. The summed E-state index contributed by atoms with van der Waals surface area (Å²) in [6.45, 7) is 0.592. The number of quaternary nitrogens is 1. The van der Waals surface area contributed by atoms with Crippen LogP contribution < -0.4 is 4.90 Å². The van der Waals surface area contributed by atoms with Crippen LogP contribution in [0, 0.1) is 11.3 Å². The first kappa shape index (κ1) is 30.9. The van der Waals surface area contributed by atoms with E-state index in [0.29, 0.717) is 45.5 Å². The number of amides is 4. The second kappa shape index (κ2) is 12.7. The minimum atomic E-state index is -0.877. The van der Waals surface area contributed by atoms with Crippen molar-refractivity contribution in [2.45, 2.75) is 13.1 Å². The van der Waals surface area contributed by atoms with E-state index < -0.39 is 28.7 Å². The summed E-state index contributed by atoms with van der Waals surface area (Å²) in [5.74, 6) is -1.71. The van der Waals surface area contributed by atoms with Crippen molar-refractivity contribution in [2.24, 2.45) is 0 Å². The molecule has 228 valence electrons. The molecule has 0 aromatic heterocycles. The Hall–Kier alpha value is -5.07. The molecule has 8 nitrogen and oxygen atoms in total. The third kappa shape index (κ3) is 5.96. The number of rotatable bonds is 5. The molecule has 46 heavy (non-hydrogen) atoms. The van der Waals surface area contributed by atoms with Gasteiger partial charge in [-0.2, -0.15) is 9.74 Å². The summed E-state index contributed by atoms with van der Waals surface area (Å²) in [7, 11) is 0. The van der Waals surface area contributed by atoms with Crippen LogP contribution in [-0.2, 0) is 17.9 Å². The molecule has 0 atom stereocenters. The highest BCUT2D eigenvalue weighted by Gasteiger charge is 2.51. The Balaban J connectivity index is 1.42. The summed E-state index contributed by atoms with van der Waals surface area (Å²) in [6, 6.07) is 26.4.